The number of H-pyrrole nitrogens is 1. The van der Waals surface area contributed by atoms with E-state index in [1.54, 1.807) is 12.1 Å². The topological polar surface area (TPSA) is 423 Å². The fourth-order valence-electron chi connectivity index (χ4n) is 14.5. The van der Waals surface area contributed by atoms with Crippen molar-refractivity contribution in [2.45, 2.75) is 218 Å². The first kappa shape index (κ1) is 120. The molecule has 0 radical (unpaired) electrons. The molecule has 0 saturated carbocycles. The second-order valence-corrected chi connectivity index (χ2v) is 36.0. The Bertz CT molecular complexity index is 6360. The maximum Gasteiger partial charge on any atom is 0.439 e. The minimum atomic E-state index is -0.552. The molecule has 15 aromatic rings. The average molecular weight is 2020 g/mol. The molecule has 0 bridgehead atoms. The van der Waals surface area contributed by atoms with Crippen molar-refractivity contribution in [1.29, 1.82) is 21.0 Å². The maximum atomic E-state index is 11.4. The first-order valence-electron chi connectivity index (χ1n) is 50.3. The van der Waals surface area contributed by atoms with Crippen LogP contribution in [0.2, 0.25) is 5.35 Å². The minimum Gasteiger partial charge on any atom is -0.444 e. The predicted octanol–water partition coefficient (Wildman–Crippen LogP) is 24.7. The molecule has 0 aliphatic rings. The van der Waals surface area contributed by atoms with Gasteiger partial charge in [0.2, 0.25) is 0 Å². The number of amidine groups is 1. The van der Waals surface area contributed by atoms with E-state index in [2.05, 4.69) is 157 Å². The van der Waals surface area contributed by atoms with Gasteiger partial charge in [0.25, 0.3) is 23.4 Å². The van der Waals surface area contributed by atoms with Crippen LogP contribution in [0.15, 0.2) is 275 Å². The highest BCUT2D eigenvalue weighted by molar-refractivity contribution is 6.28. The Morgan fingerprint density at radius 1 is 0.476 bits per heavy atom. The zero-order valence-corrected chi connectivity index (χ0v) is 87.6. The number of amides is 1. The summed E-state index contributed by atoms with van der Waals surface area (Å²) >= 11 is 5.51. The van der Waals surface area contributed by atoms with Gasteiger partial charge in [0.1, 0.15) is 34.0 Å². The number of unbranched alkanes of at least 4 members (excludes halogenated alkanes) is 5. The lowest BCUT2D eigenvalue weighted by Crippen LogP contribution is -2.36. The van der Waals surface area contributed by atoms with Crippen LogP contribution >= 0.6 is 11.6 Å². The van der Waals surface area contributed by atoms with E-state index in [9.17, 15) is 14.4 Å². The molecule has 0 fully saturated rings. The van der Waals surface area contributed by atoms with Gasteiger partial charge < -0.3 is 69.2 Å². The number of hydrogen-bond acceptors (Lipinski definition) is 26. The van der Waals surface area contributed by atoms with Gasteiger partial charge in [-0.2, -0.15) is 41.0 Å². The number of oxazole rings is 4. The van der Waals surface area contributed by atoms with E-state index < -0.39 is 17.5 Å². The number of oxime groups is 1. The van der Waals surface area contributed by atoms with Gasteiger partial charge in [-0.15, -0.1) is 0 Å². The lowest BCUT2D eigenvalue weighted by Gasteiger charge is -2.28. The van der Waals surface area contributed by atoms with Crippen molar-refractivity contribution in [3.05, 3.63) is 320 Å². The van der Waals surface area contributed by atoms with E-state index in [-0.39, 0.29) is 18.6 Å². The number of nitriles is 4. The quantitative estimate of drug-likeness (QED) is 0.00520. The number of anilines is 3. The third-order valence-corrected chi connectivity index (χ3v) is 22.7. The van der Waals surface area contributed by atoms with E-state index >= 15 is 0 Å². The number of carbonyl (C=O) groups is 2. The van der Waals surface area contributed by atoms with Gasteiger partial charge in [-0.25, -0.2) is 9.59 Å². The number of nitrogens with zero attached hydrogens (tertiary/aromatic N) is 14. The van der Waals surface area contributed by atoms with Crippen molar-refractivity contribution in [3.63, 3.8) is 0 Å². The molecule has 0 unspecified atom stereocenters. The average Bonchev–Trinajstić information content (AvgIpc) is 1.69. The van der Waals surface area contributed by atoms with Crippen LogP contribution < -0.4 is 42.6 Å². The molecule has 8 N–H and O–H groups in total. The number of halogens is 1. The minimum absolute atomic E-state index is 0. The highest BCUT2D eigenvalue weighted by atomic mass is 35.5. The van der Waals surface area contributed by atoms with E-state index in [0.29, 0.717) is 84.1 Å². The Labute approximate surface area is 872 Å². The van der Waals surface area contributed by atoms with E-state index in [0.717, 1.165) is 203 Å². The molecule has 30 heteroatoms. The number of ether oxygens (including phenoxy) is 1. The number of alkyl carbamates (subject to hydrolysis) is 1. The van der Waals surface area contributed by atoms with Crippen LogP contribution in [0.5, 0.6) is 0 Å². The van der Waals surface area contributed by atoms with Crippen molar-refractivity contribution >= 4 is 92.3 Å². The largest absolute Gasteiger partial charge is 0.444 e. The normalized spacial score (nSPS) is 10.6. The zero-order valence-electron chi connectivity index (χ0n) is 86.8. The summed E-state index contributed by atoms with van der Waals surface area (Å²) in [6, 6.07) is 88.8. The number of carbonyl (C=O) groups excluding carboxylic acids is 2. The SMILES string of the molecule is C.CC(C)(C)OC(=O)NCCc1ccc(C#N)cc1.CCCC=O.CCCCN(CCc1ccc(-c2noc(=O)[nH]2)cc1)c1nc2ccccc2o1.CCCCN(CCc1ccc(C#N)cc1)c1nc2ccccc2o1.CCCCN(CCc1ccc(C(N)=NO)cc1)c1nc2ccccc2o1.CCCCNCCc1ccc(C#N)cc1.CCN(C(C)C)C(C)C.Clc1nc2ccccc2o1.N#Cc1ccc(CCN)cc1. The third-order valence-electron chi connectivity index (χ3n) is 22.6. The van der Waals surface area contributed by atoms with Crippen LogP contribution in [0, 0.1) is 45.3 Å². The summed E-state index contributed by atoms with van der Waals surface area (Å²) in [6.45, 7) is 37.0. The Balaban J connectivity index is 0.000000261. The number of aromatic amines is 1. The molecule has 0 aliphatic heterocycles. The van der Waals surface area contributed by atoms with E-state index in [4.69, 9.17) is 71.7 Å². The molecule has 778 valence electrons. The number of aromatic nitrogens is 6. The number of fused-ring (bicyclic) bond motifs is 4. The Hall–Kier alpha value is -15.2. The van der Waals surface area contributed by atoms with Crippen molar-refractivity contribution in [2.24, 2.45) is 16.6 Å². The smallest absolute Gasteiger partial charge is 0.439 e. The van der Waals surface area contributed by atoms with Crippen LogP contribution in [0.25, 0.3) is 55.8 Å². The lowest BCUT2D eigenvalue weighted by molar-refractivity contribution is -0.107. The van der Waals surface area contributed by atoms with Gasteiger partial charge in [-0.05, 0) is 287 Å². The molecule has 10 aromatic carbocycles. The monoisotopic (exact) mass is 2010 g/mol. The second kappa shape index (κ2) is 68.1. The Morgan fingerprint density at radius 2 is 0.823 bits per heavy atom. The van der Waals surface area contributed by atoms with Crippen LogP contribution in [0.3, 0.4) is 0 Å². The highest BCUT2D eigenvalue weighted by Crippen LogP contribution is 2.28. The molecular weight excluding hydrogens is 1870 g/mol. The number of nitrogens with two attached hydrogens (primary N) is 2. The molecule has 0 saturated heterocycles. The first-order chi connectivity index (χ1) is 70.7. The fraction of sp³-hybridized carbons (Fsp3) is 0.376. The van der Waals surface area contributed by atoms with Crippen molar-refractivity contribution in [1.82, 2.24) is 45.6 Å². The number of para-hydroxylation sites is 8. The van der Waals surface area contributed by atoms with Crippen molar-refractivity contribution in [2.75, 3.05) is 86.7 Å². The zero-order chi connectivity index (χ0) is 106. The second-order valence-electron chi connectivity index (χ2n) is 35.7. The third kappa shape index (κ3) is 44.9. The molecule has 29 nitrogen and oxygen atoms in total. The number of aldehydes is 1. The standard InChI is InChI=1S/C21H22N4O3.C20H24N4O2.C20H21N3O.C14H18N2O2.C13H18N2.C9H10N2.C8H19N.C7H4ClNO.C4H8O.CH4/c1-2-3-13-25(20-22-17-6-4-5-7-18(17)27-20)14-12-15-8-10-16(11-9-15)19-23-21(26)28-24-19;1-2-3-13-24(20-22-17-6-4-5-7-18(17)26-20)14-12-15-8-10-16(11-9-15)19(21)23-25;1-2-3-13-23(14-12-16-8-10-17(15-21)11-9-16)20-22-18-6-4-5-7-19(18)24-20;1-14(2,3)18-13(17)16-9-8-11-4-6-12(10-15)7-5-11;1-2-3-9-15-10-8-12-4-6-13(11-14)7-5-12;10-6-5-8-1-3-9(7-11)4-2-8;1-6-9(7(2)3)8(4)5;8-7-9-5-3-1-2-4-6(5)10-7;1-2-3-4-5;/h4-11H,2-3,12-14H2,1H3,(H,23,24,26);4-11,25H,2-3,12-14H2,1H3,(H2,21,23);4-11H,2-3,12-14H2,1H3;4-7H,8-9H2,1-3H3,(H,16,17);4-7,15H,2-3,8-10H2,1H3;1-4H,5-6,10H2;7-8H,6H2,1-5H3;1-4H;4H,2-3H2,1H3;1H4. The van der Waals surface area contributed by atoms with Gasteiger partial charge in [0.05, 0.1) is 46.5 Å². The van der Waals surface area contributed by atoms with Crippen LogP contribution in [-0.4, -0.2) is 148 Å². The van der Waals surface area contributed by atoms with Crippen molar-refractivity contribution < 1.29 is 41.7 Å². The van der Waals surface area contributed by atoms with Gasteiger partial charge in [-0.1, -0.05) is 231 Å². The molecule has 5 aromatic heterocycles. The van der Waals surface area contributed by atoms with E-state index in [1.165, 1.54) is 40.7 Å². The highest BCUT2D eigenvalue weighted by Gasteiger charge is 2.20. The Kier molecular flexibility index (Phi) is 55.8. The summed E-state index contributed by atoms with van der Waals surface area (Å²) in [4.78, 5) is 61.3. The molecular formula is C117H148ClN19O10. The van der Waals surface area contributed by atoms with Gasteiger partial charge >= 0.3 is 11.8 Å². The van der Waals surface area contributed by atoms with E-state index in [1.807, 2.05) is 258 Å². The summed E-state index contributed by atoms with van der Waals surface area (Å²) in [6.07, 6.45) is 16.6. The van der Waals surface area contributed by atoms with Crippen LogP contribution in [0.1, 0.15) is 223 Å². The number of hydrogen-bond donors (Lipinski definition) is 6. The number of benzene rings is 10. The van der Waals surface area contributed by atoms with Crippen LogP contribution in [-0.2, 0) is 48.1 Å². The summed E-state index contributed by atoms with van der Waals surface area (Å²) in [7, 11) is 0. The van der Waals surface area contributed by atoms with Gasteiger partial charge in [0, 0.05) is 75.4 Å². The molecule has 0 spiro atoms. The summed E-state index contributed by atoms with van der Waals surface area (Å²) in [5.74, 6) is 0.00386. The molecule has 0 atom stereocenters. The summed E-state index contributed by atoms with van der Waals surface area (Å²) in [5, 5.41) is 56.4. The predicted molar refractivity (Wildman–Crippen MR) is 592 cm³/mol. The Morgan fingerprint density at radius 3 is 1.12 bits per heavy atom. The summed E-state index contributed by atoms with van der Waals surface area (Å²) in [5.41, 5.74) is 28.6. The number of rotatable bonds is 39. The van der Waals surface area contributed by atoms with Gasteiger partial charge in [-0.3, -0.25) is 14.4 Å². The number of nitrogens with one attached hydrogen (secondary N) is 3. The molecule has 147 heavy (non-hydrogen) atoms. The maximum absolute atomic E-state index is 11.4. The van der Waals surface area contributed by atoms with Crippen LogP contribution in [0.4, 0.5) is 22.8 Å². The molecule has 0 aliphatic carbocycles. The molecule has 15 rings (SSSR count). The van der Waals surface area contributed by atoms with Crippen molar-refractivity contribution in [3.8, 4) is 35.7 Å². The van der Waals surface area contributed by atoms with Gasteiger partial charge in [0.15, 0.2) is 34.0 Å². The molecule has 5 heterocycles. The fourth-order valence-corrected chi connectivity index (χ4v) is 14.7. The first-order valence-corrected chi connectivity index (χ1v) is 50.7. The molecule has 1 amide bonds. The summed E-state index contributed by atoms with van der Waals surface area (Å²) < 4.78 is 32.5. The lowest BCUT2D eigenvalue weighted by atomic mass is 10.1.